The minimum absolute atomic E-state index is 0.158. The zero-order chi connectivity index (χ0) is 27.1. The quantitative estimate of drug-likeness (QED) is 0.0419. The lowest BCUT2D eigenvalue weighted by Gasteiger charge is -2.39. The van der Waals surface area contributed by atoms with E-state index in [1.54, 1.807) is 18.2 Å². The summed E-state index contributed by atoms with van der Waals surface area (Å²) < 4.78 is 20.7. The van der Waals surface area contributed by atoms with E-state index < -0.39 is 0 Å². The third-order valence-electron chi connectivity index (χ3n) is 5.08. The van der Waals surface area contributed by atoms with Gasteiger partial charge in [-0.1, -0.05) is 43.3 Å². The first-order chi connectivity index (χ1) is 17.2. The number of β-lactam (4-membered cyclic amide) rings is 1. The highest BCUT2D eigenvalue weighted by molar-refractivity contribution is 14.2. The topological polar surface area (TPSA) is 66.8 Å². The van der Waals surface area contributed by atoms with Crippen LogP contribution in [0, 0.1) is 12.7 Å². The van der Waals surface area contributed by atoms with E-state index in [4.69, 9.17) is 4.74 Å². The lowest BCUT2D eigenvalue weighted by molar-refractivity contribution is -0.146. The molecule has 1 amide bonds. The van der Waals surface area contributed by atoms with Crippen molar-refractivity contribution in [3.63, 3.8) is 0 Å². The van der Waals surface area contributed by atoms with Crippen LogP contribution in [0.25, 0.3) is 0 Å². The van der Waals surface area contributed by atoms with Crippen LogP contribution in [-0.4, -0.2) is 31.5 Å². The van der Waals surface area contributed by atoms with Crippen LogP contribution in [0.15, 0.2) is 73.0 Å². The lowest BCUT2D eigenvalue weighted by atomic mass is 10.0. The van der Waals surface area contributed by atoms with Crippen molar-refractivity contribution in [2.75, 3.05) is 9.33 Å². The van der Waals surface area contributed by atoms with Gasteiger partial charge in [0.2, 0.25) is 5.91 Å². The van der Waals surface area contributed by atoms with Gasteiger partial charge >= 0.3 is 5.97 Å². The van der Waals surface area contributed by atoms with Crippen LogP contribution in [0.3, 0.4) is 0 Å². The number of alkyl halides is 1. The van der Waals surface area contributed by atoms with E-state index in [0.29, 0.717) is 18.9 Å². The molecule has 1 aliphatic rings. The minimum Gasteiger partial charge on any atom is -0.508 e. The second-order valence-corrected chi connectivity index (χ2v) is 10.2. The number of halogens is 2. The summed E-state index contributed by atoms with van der Waals surface area (Å²) in [7, 11) is 0. The molecular weight excluding hydrogens is 612 g/mol. The van der Waals surface area contributed by atoms with Crippen LogP contribution in [0.1, 0.15) is 43.9 Å². The first-order valence-electron chi connectivity index (χ1n) is 11.2. The van der Waals surface area contributed by atoms with E-state index in [9.17, 15) is 19.1 Å². The van der Waals surface area contributed by atoms with Gasteiger partial charge in [0.05, 0.1) is 6.04 Å². The van der Waals surface area contributed by atoms with Gasteiger partial charge in [-0.2, -0.15) is 0 Å². The highest BCUT2D eigenvalue weighted by Crippen LogP contribution is 2.30. The normalized spacial score (nSPS) is 15.8. The molecule has 0 saturated carbocycles. The molecule has 0 radical (unpaired) electrons. The second-order valence-electron chi connectivity index (χ2n) is 7.75. The van der Waals surface area contributed by atoms with Crippen molar-refractivity contribution in [3.8, 4) is 0 Å². The van der Waals surface area contributed by atoms with Crippen molar-refractivity contribution < 1.29 is 23.8 Å². The Bertz CT molecular complexity index is 1040. The first kappa shape index (κ1) is 31.9. The molecule has 1 fully saturated rings. The third-order valence-corrected chi connectivity index (χ3v) is 7.47. The molecule has 2 aromatic carbocycles. The maximum Gasteiger partial charge on any atom is 0.303 e. The standard InChI is InChI=1S/C16H18INO2.C11H13FO2.H2S2/c1-3-15(19)8-9-17-11-14-10-16(20)18(14)13-6-4-12(2)5-7-13;1-3-11(14-8(2)13)9-4-6-10(12)7-5-9;1-2/h3-9,14,19H,1,10-11H2,2H3;4-7,11H,3H2,1-2H3;1-2H/b15-8+;;/t;11-;/m.0./s1. The van der Waals surface area contributed by atoms with Crippen molar-refractivity contribution >= 4 is 65.6 Å². The Morgan fingerprint density at radius 1 is 1.25 bits per heavy atom. The molecule has 1 heterocycles. The van der Waals surface area contributed by atoms with Crippen molar-refractivity contribution in [2.45, 2.75) is 45.8 Å². The average molecular weight is 646 g/mol. The third kappa shape index (κ3) is 10.9. The maximum atomic E-state index is 12.6. The van der Waals surface area contributed by atoms with Crippen LogP contribution in [0.4, 0.5) is 10.1 Å². The molecule has 0 spiro atoms. The van der Waals surface area contributed by atoms with E-state index >= 15 is 0 Å². The summed E-state index contributed by atoms with van der Waals surface area (Å²) in [6, 6.07) is 14.4. The zero-order valence-electron chi connectivity index (χ0n) is 20.6. The number of aliphatic hydroxyl groups excluding tert-OH is 1. The number of carbonyl (C=O) groups is 2. The molecule has 3 rings (SSSR count). The Balaban J connectivity index is 0.000000356. The molecule has 2 atom stereocenters. The van der Waals surface area contributed by atoms with Gasteiger partial charge in [-0.15, -0.1) is 44.1 Å². The minimum atomic E-state index is -0.318. The van der Waals surface area contributed by atoms with Gasteiger partial charge in [0.25, 0.3) is 0 Å². The first-order valence-corrected chi connectivity index (χ1v) is 15.6. The average Bonchev–Trinajstić information content (AvgIpc) is 2.87. The number of rotatable bonds is 8. The van der Waals surface area contributed by atoms with Gasteiger partial charge < -0.3 is 14.7 Å². The second kappa shape index (κ2) is 17.4. The van der Waals surface area contributed by atoms with Gasteiger partial charge in [-0.05, 0) is 59.3 Å². The Morgan fingerprint density at radius 3 is 2.36 bits per heavy atom. The molecule has 1 aliphatic heterocycles. The summed E-state index contributed by atoms with van der Waals surface area (Å²) in [5.74, 6) is -0.204. The van der Waals surface area contributed by atoms with E-state index in [-0.39, 0.29) is 50.3 Å². The number of esters is 1. The van der Waals surface area contributed by atoms with E-state index in [1.165, 1.54) is 30.7 Å². The molecule has 9 heteroatoms. The number of benzene rings is 2. The van der Waals surface area contributed by atoms with Crippen molar-refractivity contribution in [1.82, 2.24) is 0 Å². The molecule has 0 aliphatic carbocycles. The van der Waals surface area contributed by atoms with Gasteiger partial charge in [0.15, 0.2) is 0 Å². The van der Waals surface area contributed by atoms with E-state index in [0.717, 1.165) is 15.7 Å². The monoisotopic (exact) mass is 645 g/mol. The summed E-state index contributed by atoms with van der Waals surface area (Å²) in [4.78, 5) is 24.4. The number of aliphatic hydroxyl groups is 1. The zero-order valence-corrected chi connectivity index (χ0v) is 24.5. The SMILES string of the molecule is C=C/C(O)=C\C=ICC1CC(=O)N1c1ccc(C)cc1.CC[C@H](OC(C)=O)c1ccc(F)cc1.SS. The molecule has 0 aromatic heterocycles. The number of hydrogen-bond acceptors (Lipinski definition) is 6. The summed E-state index contributed by atoms with van der Waals surface area (Å²) in [5, 5.41) is 9.26. The fourth-order valence-corrected chi connectivity index (χ4v) is 5.47. The number of thiol groups is 2. The van der Waals surface area contributed by atoms with Gasteiger partial charge in [-0.25, -0.2) is 4.39 Å². The molecule has 5 nitrogen and oxygen atoms in total. The predicted octanol–water partition coefficient (Wildman–Crippen LogP) is 7.10. The summed E-state index contributed by atoms with van der Waals surface area (Å²) >= 11 is 6.29. The van der Waals surface area contributed by atoms with Crippen molar-refractivity contribution in [1.29, 1.82) is 0 Å². The van der Waals surface area contributed by atoms with Crippen molar-refractivity contribution in [2.24, 2.45) is 0 Å². The molecule has 1 N–H and O–H groups in total. The van der Waals surface area contributed by atoms with Crippen LogP contribution in [0.5, 0.6) is 0 Å². The van der Waals surface area contributed by atoms with E-state index in [2.05, 4.69) is 29.9 Å². The fourth-order valence-electron chi connectivity index (χ4n) is 3.26. The number of amides is 1. The van der Waals surface area contributed by atoms with Crippen molar-refractivity contribution in [3.05, 3.63) is 90.0 Å². The molecule has 196 valence electrons. The van der Waals surface area contributed by atoms with Crippen LogP contribution < -0.4 is 4.90 Å². The number of allylic oxidation sites excluding steroid dienone is 2. The highest BCUT2D eigenvalue weighted by Gasteiger charge is 2.36. The fraction of sp³-hybridized carbons (Fsp3) is 0.296. The summed E-state index contributed by atoms with van der Waals surface area (Å²) in [6.07, 6.45) is 4.17. The largest absolute Gasteiger partial charge is 0.508 e. The van der Waals surface area contributed by atoms with Gasteiger partial charge in [0, 0.05) is 23.5 Å². The molecule has 1 saturated heterocycles. The number of aryl methyl sites for hydroxylation is 1. The van der Waals surface area contributed by atoms with Gasteiger partial charge in [-0.3, -0.25) is 9.59 Å². The predicted molar refractivity (Wildman–Crippen MR) is 162 cm³/mol. The molecule has 1 unspecified atom stereocenters. The highest BCUT2D eigenvalue weighted by atomic mass is 127. The molecule has 36 heavy (non-hydrogen) atoms. The van der Waals surface area contributed by atoms with Gasteiger partial charge in [0.1, 0.15) is 17.7 Å². The maximum absolute atomic E-state index is 12.6. The Morgan fingerprint density at radius 2 is 1.86 bits per heavy atom. The summed E-state index contributed by atoms with van der Waals surface area (Å²) in [5.41, 5.74) is 3.01. The van der Waals surface area contributed by atoms with E-state index in [1.807, 2.05) is 47.0 Å². The smallest absolute Gasteiger partial charge is 0.303 e. The van der Waals surface area contributed by atoms with Crippen LogP contribution in [0.2, 0.25) is 0 Å². The Hall–Kier alpha value is -2.11. The number of carbonyl (C=O) groups excluding carboxylic acids is 2. The van der Waals surface area contributed by atoms with Crippen LogP contribution >= 0.6 is 44.1 Å². The Labute approximate surface area is 233 Å². The lowest BCUT2D eigenvalue weighted by Crippen LogP contribution is -2.54. The number of hydrogen-bond donors (Lipinski definition) is 3. The molecule has 0 bridgehead atoms. The molecule has 2 aromatic rings. The number of nitrogens with zero attached hydrogens (tertiary/aromatic N) is 1. The molecular formula is C27H33FINO4S2. The Kier molecular flexibility index (Phi) is 15.4. The summed E-state index contributed by atoms with van der Waals surface area (Å²) in [6.45, 7) is 8.81. The van der Waals surface area contributed by atoms with Crippen LogP contribution in [-0.2, 0) is 14.3 Å². The number of ether oxygens (including phenoxy) is 1. The number of anilines is 1.